The number of para-hydroxylation sites is 1. The SMILES string of the molecule is COC(C)c1c(N)cnc(C)c1Br.COc1nc(-n2nccn2)c(Cl)cc1NC(=O)Nc1cnc(C)c(Br)c1C(C)OC.COc1nc(-n2nccn2)c(Cl)cc1NC(=O)Nc1cnc(C)c(Br)c1[C@@H](C)OC.COc1nc(-n2nccn2)c(Cl)cc1NC(=O)Nc1cnc(C)c(Br)c1[C@H](C)OC.COc1nc(-n2nccn2)c(Cl)cc1NC(=O)Oc1ccccc1.CSF. The molecule has 7 amide bonds. The summed E-state index contributed by atoms with van der Waals surface area (Å²) >= 11 is 39.3. The first kappa shape index (κ1) is 104. The summed E-state index contributed by atoms with van der Waals surface area (Å²) in [4.78, 5) is 89.0. The second-order valence-corrected chi connectivity index (χ2v) is 31.0. The predicted molar refractivity (Wildman–Crippen MR) is 504 cm³/mol. The van der Waals surface area contributed by atoms with E-state index in [1.54, 1.807) is 77.5 Å². The van der Waals surface area contributed by atoms with Crippen molar-refractivity contribution < 1.29 is 65.7 Å². The molecule has 4 atom stereocenters. The molecule has 9 N–H and O–H groups in total. The maximum Gasteiger partial charge on any atom is 0.417 e. The van der Waals surface area contributed by atoms with Gasteiger partial charge in [0.25, 0.3) is 0 Å². The highest BCUT2D eigenvalue weighted by atomic mass is 79.9. The number of aromatic nitrogens is 20. The first-order chi connectivity index (χ1) is 62.2. The second-order valence-electron chi connectivity index (χ2n) is 25.9. The number of anilines is 8. The lowest BCUT2D eigenvalue weighted by atomic mass is 10.1. The standard InChI is InChI=1S/3C18H19BrClN7O3.C15H12ClN5O3.C9H13BrN2O.CH3FS/c3*1-9-15(19)14(10(2)29-3)13(8-21-9)25-18(28)24-12-7-11(20)16(26-17(12)30-4)27-22-5-6-23-27;1-23-14-12(19-15(22)24-10-5-3-2-4-6-10)9-11(16)13(20-14)21-17-7-8-18-21;1-5-9(10)8(6(2)13-3)7(11)4-12-5;1-3-2/h3*5-8,10H,1-4H3,(H2,24,25,28);2-9H,1H3,(H,19,22);4,6H,11H2,1-3H3;1H3/t2*10-;;;;/m10..../s1. The number of benzene rings is 1. The van der Waals surface area contributed by atoms with Gasteiger partial charge in [-0.05, 0) is 156 Å². The minimum atomic E-state index is -0.692. The maximum absolute atomic E-state index is 12.7. The molecule has 0 spiro atoms. The Balaban J connectivity index is 0.000000203. The number of carbonyl (C=O) groups is 4. The lowest BCUT2D eigenvalue weighted by Crippen LogP contribution is -2.22. The smallest absolute Gasteiger partial charge is 0.417 e. The number of amides is 7. The summed E-state index contributed by atoms with van der Waals surface area (Å²) in [6.07, 6.45) is 18.2. The van der Waals surface area contributed by atoms with Gasteiger partial charge in [-0.1, -0.05) is 64.6 Å². The Bertz CT molecular complexity index is 5590. The van der Waals surface area contributed by atoms with Gasteiger partial charge in [-0.25, -0.2) is 19.2 Å². The number of ether oxygens (including phenoxy) is 9. The van der Waals surface area contributed by atoms with Crippen LogP contribution in [0.15, 0.2) is 147 Å². The van der Waals surface area contributed by atoms with Crippen molar-refractivity contribution in [3.05, 3.63) is 212 Å². The minimum absolute atomic E-state index is 0.0175. The molecule has 0 saturated heterocycles. The van der Waals surface area contributed by atoms with Gasteiger partial charge < -0.3 is 80.3 Å². The normalized spacial score (nSPS) is 11.5. The summed E-state index contributed by atoms with van der Waals surface area (Å²) in [6.45, 7) is 15.1. The zero-order valence-electron chi connectivity index (χ0n) is 72.1. The lowest BCUT2D eigenvalue weighted by Gasteiger charge is -2.19. The Morgan fingerprint density at radius 1 is 0.385 bits per heavy atom. The summed E-state index contributed by atoms with van der Waals surface area (Å²) in [5.41, 5.74) is 15.6. The molecule has 13 aromatic rings. The van der Waals surface area contributed by atoms with Crippen LogP contribution in [0.5, 0.6) is 29.3 Å². The van der Waals surface area contributed by atoms with Gasteiger partial charge in [-0.15, -0.1) is 19.2 Å². The molecule has 0 aliphatic carbocycles. The minimum Gasteiger partial charge on any atom is -0.479 e. The fourth-order valence-electron chi connectivity index (χ4n) is 11.0. The van der Waals surface area contributed by atoms with Crippen LogP contribution in [-0.4, -0.2) is 187 Å². The van der Waals surface area contributed by atoms with Crippen molar-refractivity contribution >= 4 is 192 Å². The number of nitrogen functional groups attached to an aromatic ring is 1. The average Bonchev–Trinajstić information content (AvgIpc) is 1.43. The van der Waals surface area contributed by atoms with E-state index in [-0.39, 0.29) is 126 Å². The quantitative estimate of drug-likeness (QED) is 0.0278. The number of pyridine rings is 8. The van der Waals surface area contributed by atoms with Gasteiger partial charge in [0.05, 0.1) is 193 Å². The molecule has 51 heteroatoms. The van der Waals surface area contributed by atoms with Crippen LogP contribution in [0.4, 0.5) is 68.6 Å². The van der Waals surface area contributed by atoms with Crippen molar-refractivity contribution in [2.75, 3.05) is 106 Å². The summed E-state index contributed by atoms with van der Waals surface area (Å²) in [6, 6.07) is 13.1. The molecule has 130 heavy (non-hydrogen) atoms. The van der Waals surface area contributed by atoms with Crippen LogP contribution < -0.4 is 66.6 Å². The number of hydrogen-bond acceptors (Lipinski definition) is 31. The summed E-state index contributed by atoms with van der Waals surface area (Å²) in [5, 5.41) is 51.8. The Kier molecular flexibility index (Phi) is 40.2. The molecule has 12 aromatic heterocycles. The third kappa shape index (κ3) is 27.7. The van der Waals surface area contributed by atoms with Gasteiger partial charge in [0.15, 0.2) is 23.3 Å². The van der Waals surface area contributed by atoms with Crippen molar-refractivity contribution in [1.82, 2.24) is 99.8 Å². The summed E-state index contributed by atoms with van der Waals surface area (Å²) < 4.78 is 61.1. The number of carbonyl (C=O) groups excluding carboxylic acids is 4. The van der Waals surface area contributed by atoms with Gasteiger partial charge in [-0.2, -0.15) is 64.6 Å². The number of rotatable bonds is 24. The summed E-state index contributed by atoms with van der Waals surface area (Å²) in [7, 11) is 12.1. The van der Waals surface area contributed by atoms with Gasteiger partial charge in [-0.3, -0.25) is 25.3 Å². The molecule has 0 saturated carbocycles. The van der Waals surface area contributed by atoms with E-state index in [4.69, 9.17) is 94.8 Å². The number of nitrogens with two attached hydrogens (primary N) is 1. The third-order valence-corrected chi connectivity index (χ3v) is 22.7. The number of methoxy groups -OCH3 is 8. The van der Waals surface area contributed by atoms with Crippen LogP contribution in [0.2, 0.25) is 20.1 Å². The van der Waals surface area contributed by atoms with Crippen LogP contribution in [-0.2, 0) is 18.9 Å². The van der Waals surface area contributed by atoms with Crippen molar-refractivity contribution in [2.45, 2.75) is 79.8 Å². The molecule has 0 bridgehead atoms. The molecule has 2 unspecified atom stereocenters. The van der Waals surface area contributed by atoms with Crippen LogP contribution in [0, 0.1) is 27.7 Å². The zero-order chi connectivity index (χ0) is 95.2. The molecule has 1 aromatic carbocycles. The Morgan fingerprint density at radius 3 is 0.869 bits per heavy atom. The van der Waals surface area contributed by atoms with Gasteiger partial charge in [0.2, 0.25) is 23.5 Å². The zero-order valence-corrected chi connectivity index (χ0v) is 82.3. The largest absolute Gasteiger partial charge is 0.479 e. The fourth-order valence-corrected chi connectivity index (χ4v) is 14.5. The highest BCUT2D eigenvalue weighted by Crippen LogP contribution is 2.40. The van der Waals surface area contributed by atoms with Crippen LogP contribution in [0.1, 0.15) is 97.1 Å². The molecule has 41 nitrogen and oxygen atoms in total. The molecule has 0 aliphatic heterocycles. The first-order valence-electron chi connectivity index (χ1n) is 37.6. The monoisotopic (exact) mass is 2140 g/mol. The number of aryl methyl sites for hydroxylation is 4. The molecule has 0 radical (unpaired) electrons. The molecule has 0 aliphatic rings. The molecule has 12 heterocycles. The predicted octanol–water partition coefficient (Wildman–Crippen LogP) is 19.0. The molecule has 0 fully saturated rings. The highest BCUT2D eigenvalue weighted by molar-refractivity contribution is 9.11. The van der Waals surface area contributed by atoms with E-state index in [2.05, 4.69) is 182 Å². The third-order valence-electron chi connectivity index (χ3n) is 17.6. The fraction of sp³-hybridized carbons (Fsp3) is 0.266. The van der Waals surface area contributed by atoms with Crippen LogP contribution in [0.3, 0.4) is 0 Å². The first-order valence-corrected chi connectivity index (χ1v) is 43.4. The number of halogens is 9. The van der Waals surface area contributed by atoms with Gasteiger partial charge >= 0.3 is 24.2 Å². The molecular formula is C79H85Br4Cl4FN28O13S. The van der Waals surface area contributed by atoms with E-state index in [0.29, 0.717) is 28.5 Å². The Hall–Kier alpha value is -11.7. The highest BCUT2D eigenvalue weighted by Gasteiger charge is 2.27. The molecular weight excluding hydrogens is 2060 g/mol. The lowest BCUT2D eigenvalue weighted by molar-refractivity contribution is 0.119. The second kappa shape index (κ2) is 50.4. The maximum atomic E-state index is 12.7. The number of hydrogen-bond donors (Lipinski definition) is 8. The van der Waals surface area contributed by atoms with Crippen molar-refractivity contribution in [3.63, 3.8) is 0 Å². The van der Waals surface area contributed by atoms with Crippen molar-refractivity contribution in [2.24, 2.45) is 0 Å². The van der Waals surface area contributed by atoms with Gasteiger partial charge in [0, 0.05) is 87.0 Å². The van der Waals surface area contributed by atoms with E-state index < -0.39 is 24.2 Å². The summed E-state index contributed by atoms with van der Waals surface area (Å²) in [5.74, 6) is 2.09. The van der Waals surface area contributed by atoms with E-state index >= 15 is 0 Å². The Morgan fingerprint density at radius 2 is 0.615 bits per heavy atom. The number of urea groups is 3. The molecule has 688 valence electrons. The van der Waals surface area contributed by atoms with Crippen molar-refractivity contribution in [3.8, 4) is 52.5 Å². The topological polar surface area (TPSA) is 488 Å². The van der Waals surface area contributed by atoms with E-state index in [9.17, 15) is 23.1 Å². The van der Waals surface area contributed by atoms with Gasteiger partial charge in [0.1, 0.15) is 28.5 Å². The molecule has 13 rings (SSSR count). The Labute approximate surface area is 801 Å². The number of nitrogens with one attached hydrogen (secondary N) is 7. The van der Waals surface area contributed by atoms with Crippen LogP contribution in [0.25, 0.3) is 23.3 Å². The average molecular weight is 2150 g/mol. The van der Waals surface area contributed by atoms with Crippen molar-refractivity contribution in [1.29, 1.82) is 0 Å². The number of nitrogens with zero attached hydrogens (tertiary/aromatic N) is 20. The van der Waals surface area contributed by atoms with E-state index in [0.717, 1.165) is 62.9 Å². The van der Waals surface area contributed by atoms with E-state index in [1.807, 2.05) is 61.5 Å². The van der Waals surface area contributed by atoms with Crippen LogP contribution >= 0.6 is 122 Å². The van der Waals surface area contributed by atoms with E-state index in [1.165, 1.54) is 128 Å².